The van der Waals surface area contributed by atoms with E-state index in [0.717, 1.165) is 17.5 Å². The van der Waals surface area contributed by atoms with E-state index in [1.807, 2.05) is 36.4 Å². The summed E-state index contributed by atoms with van der Waals surface area (Å²) in [6, 6.07) is 22.6. The highest BCUT2D eigenvalue weighted by Crippen LogP contribution is 2.24. The summed E-state index contributed by atoms with van der Waals surface area (Å²) >= 11 is 0. The van der Waals surface area contributed by atoms with Crippen LogP contribution in [0.2, 0.25) is 0 Å². The molecule has 0 radical (unpaired) electrons. The lowest BCUT2D eigenvalue weighted by Crippen LogP contribution is -2.49. The molecule has 0 spiro atoms. The Balaban J connectivity index is 1.39. The third-order valence-corrected chi connectivity index (χ3v) is 5.19. The summed E-state index contributed by atoms with van der Waals surface area (Å²) in [6.45, 7) is 1.69. The van der Waals surface area contributed by atoms with Crippen LogP contribution in [0.3, 0.4) is 0 Å². The first-order valence-electron chi connectivity index (χ1n) is 10.5. The Morgan fingerprint density at radius 3 is 2.53 bits per heavy atom. The number of hydrogen-bond acceptors (Lipinski definition) is 3. The van der Waals surface area contributed by atoms with Crippen molar-refractivity contribution in [3.63, 3.8) is 0 Å². The average molecular weight is 433 g/mol. The molecule has 0 bridgehead atoms. The van der Waals surface area contributed by atoms with Crippen LogP contribution in [0.1, 0.15) is 17.5 Å². The van der Waals surface area contributed by atoms with E-state index in [4.69, 9.17) is 4.74 Å². The van der Waals surface area contributed by atoms with E-state index in [1.165, 1.54) is 12.1 Å². The Bertz CT molecular complexity index is 1090. The highest BCUT2D eigenvalue weighted by Gasteiger charge is 2.27. The molecule has 3 aromatic carbocycles. The number of hydrogen-bond donors (Lipinski definition) is 1. The number of carbonyl (C=O) groups excluding carboxylic acids is 2. The SMILES string of the molecule is O=C(Nc1cccc(N2CCCN(Cc3cccc(F)c3)C2=O)c1)OCc1ccccc1. The largest absolute Gasteiger partial charge is 0.444 e. The minimum Gasteiger partial charge on any atom is -0.444 e. The lowest BCUT2D eigenvalue weighted by Gasteiger charge is -2.35. The van der Waals surface area contributed by atoms with Crippen LogP contribution in [-0.2, 0) is 17.9 Å². The van der Waals surface area contributed by atoms with Crippen molar-refractivity contribution in [1.82, 2.24) is 4.90 Å². The monoisotopic (exact) mass is 433 g/mol. The Kier molecular flexibility index (Phi) is 6.65. The van der Waals surface area contributed by atoms with Crippen LogP contribution in [-0.4, -0.2) is 30.1 Å². The molecule has 32 heavy (non-hydrogen) atoms. The van der Waals surface area contributed by atoms with E-state index in [-0.39, 0.29) is 18.5 Å². The van der Waals surface area contributed by atoms with Crippen molar-refractivity contribution in [2.45, 2.75) is 19.6 Å². The van der Waals surface area contributed by atoms with Crippen molar-refractivity contribution in [3.05, 3.63) is 95.8 Å². The number of anilines is 2. The maximum absolute atomic E-state index is 13.5. The van der Waals surface area contributed by atoms with Crippen LogP contribution in [0.15, 0.2) is 78.9 Å². The first-order valence-corrected chi connectivity index (χ1v) is 10.5. The zero-order chi connectivity index (χ0) is 22.3. The van der Waals surface area contributed by atoms with Gasteiger partial charge in [0.2, 0.25) is 0 Å². The first-order chi connectivity index (χ1) is 15.6. The second kappa shape index (κ2) is 9.96. The number of nitrogens with one attached hydrogen (secondary N) is 1. The van der Waals surface area contributed by atoms with E-state index < -0.39 is 6.09 Å². The van der Waals surface area contributed by atoms with Crippen LogP contribution >= 0.6 is 0 Å². The highest BCUT2D eigenvalue weighted by molar-refractivity contribution is 5.94. The topological polar surface area (TPSA) is 61.9 Å². The summed E-state index contributed by atoms with van der Waals surface area (Å²) in [5.41, 5.74) is 2.86. The van der Waals surface area contributed by atoms with Crippen molar-refractivity contribution in [1.29, 1.82) is 0 Å². The van der Waals surface area contributed by atoms with Gasteiger partial charge in [-0.25, -0.2) is 14.0 Å². The van der Waals surface area contributed by atoms with Crippen LogP contribution < -0.4 is 10.2 Å². The highest BCUT2D eigenvalue weighted by atomic mass is 19.1. The Morgan fingerprint density at radius 1 is 0.938 bits per heavy atom. The molecule has 1 N–H and O–H groups in total. The second-order valence-corrected chi connectivity index (χ2v) is 7.58. The molecule has 1 aliphatic heterocycles. The van der Waals surface area contributed by atoms with E-state index in [9.17, 15) is 14.0 Å². The summed E-state index contributed by atoms with van der Waals surface area (Å²) in [6.07, 6.45) is 0.223. The van der Waals surface area contributed by atoms with Gasteiger partial charge in [-0.15, -0.1) is 0 Å². The van der Waals surface area contributed by atoms with Crippen molar-refractivity contribution >= 4 is 23.5 Å². The molecule has 0 aliphatic carbocycles. The number of ether oxygens (including phenoxy) is 1. The molecule has 6 nitrogen and oxygen atoms in total. The number of urea groups is 1. The van der Waals surface area contributed by atoms with Gasteiger partial charge in [0.05, 0.1) is 0 Å². The predicted octanol–water partition coefficient (Wildman–Crippen LogP) is 5.41. The van der Waals surface area contributed by atoms with Gasteiger partial charge in [0.15, 0.2) is 0 Å². The molecule has 0 aromatic heterocycles. The van der Waals surface area contributed by atoms with Gasteiger partial charge in [-0.1, -0.05) is 48.5 Å². The molecular formula is C25H24FN3O3. The first kappa shape index (κ1) is 21.4. The van der Waals surface area contributed by atoms with E-state index in [1.54, 1.807) is 40.1 Å². The Morgan fingerprint density at radius 2 is 1.72 bits per heavy atom. The molecule has 0 saturated carbocycles. The summed E-state index contributed by atoms with van der Waals surface area (Å²) < 4.78 is 18.8. The van der Waals surface area contributed by atoms with Gasteiger partial charge >= 0.3 is 12.1 Å². The van der Waals surface area contributed by atoms with Crippen molar-refractivity contribution in [3.8, 4) is 0 Å². The van der Waals surface area contributed by atoms with Gasteiger partial charge in [-0.05, 0) is 47.9 Å². The number of nitrogens with zero attached hydrogens (tertiary/aromatic N) is 2. The van der Waals surface area contributed by atoms with Crippen LogP contribution in [0.5, 0.6) is 0 Å². The second-order valence-electron chi connectivity index (χ2n) is 7.58. The zero-order valence-electron chi connectivity index (χ0n) is 17.5. The van der Waals surface area contributed by atoms with E-state index in [0.29, 0.717) is 31.0 Å². The fraction of sp³-hybridized carbons (Fsp3) is 0.200. The predicted molar refractivity (Wildman–Crippen MR) is 121 cm³/mol. The molecule has 4 rings (SSSR count). The lowest BCUT2D eigenvalue weighted by atomic mass is 10.1. The third kappa shape index (κ3) is 5.43. The fourth-order valence-electron chi connectivity index (χ4n) is 3.65. The molecule has 7 heteroatoms. The molecule has 1 fully saturated rings. The zero-order valence-corrected chi connectivity index (χ0v) is 17.5. The number of benzene rings is 3. The van der Waals surface area contributed by atoms with Crippen LogP contribution in [0, 0.1) is 5.82 Å². The summed E-state index contributed by atoms with van der Waals surface area (Å²) in [4.78, 5) is 28.6. The van der Waals surface area contributed by atoms with Gasteiger partial charge in [-0.2, -0.15) is 0 Å². The molecule has 0 atom stereocenters. The average Bonchev–Trinajstić information content (AvgIpc) is 2.80. The molecule has 1 aliphatic rings. The minimum absolute atomic E-state index is 0.149. The molecule has 164 valence electrons. The minimum atomic E-state index is -0.566. The van der Waals surface area contributed by atoms with Gasteiger partial charge in [0, 0.05) is 31.0 Å². The maximum atomic E-state index is 13.5. The fourth-order valence-corrected chi connectivity index (χ4v) is 3.65. The van der Waals surface area contributed by atoms with Gasteiger partial charge in [-0.3, -0.25) is 10.2 Å². The number of rotatable bonds is 6. The standard InChI is InChI=1S/C25H24FN3O3/c26-21-10-4-9-20(15-21)17-28-13-6-14-29(25(28)31)23-12-5-11-22(16-23)27-24(30)32-18-19-7-2-1-3-8-19/h1-5,7-12,15-16H,6,13-14,17-18H2,(H,27,30). The van der Waals surface area contributed by atoms with E-state index in [2.05, 4.69) is 5.32 Å². The molecular weight excluding hydrogens is 409 g/mol. The Hall–Kier alpha value is -3.87. The van der Waals surface area contributed by atoms with Gasteiger partial charge < -0.3 is 9.64 Å². The summed E-state index contributed by atoms with van der Waals surface area (Å²) in [7, 11) is 0. The van der Waals surface area contributed by atoms with Crippen LogP contribution in [0.25, 0.3) is 0 Å². The smallest absolute Gasteiger partial charge is 0.411 e. The van der Waals surface area contributed by atoms with Crippen molar-refractivity contribution < 1.29 is 18.7 Å². The summed E-state index contributed by atoms with van der Waals surface area (Å²) in [5.74, 6) is -0.318. The molecule has 1 saturated heterocycles. The van der Waals surface area contributed by atoms with Gasteiger partial charge in [0.1, 0.15) is 12.4 Å². The number of halogens is 1. The quantitative estimate of drug-likeness (QED) is 0.566. The normalized spacial score (nSPS) is 13.7. The molecule has 0 unspecified atom stereocenters. The number of carbonyl (C=O) groups is 2. The van der Waals surface area contributed by atoms with Crippen molar-refractivity contribution in [2.24, 2.45) is 0 Å². The maximum Gasteiger partial charge on any atom is 0.411 e. The Labute approximate surface area is 186 Å². The third-order valence-electron chi connectivity index (χ3n) is 5.19. The lowest BCUT2D eigenvalue weighted by molar-refractivity contribution is 0.155. The van der Waals surface area contributed by atoms with Crippen LogP contribution in [0.4, 0.5) is 25.4 Å². The van der Waals surface area contributed by atoms with Gasteiger partial charge in [0.25, 0.3) is 0 Å². The van der Waals surface area contributed by atoms with Crippen molar-refractivity contribution in [2.75, 3.05) is 23.3 Å². The summed E-state index contributed by atoms with van der Waals surface area (Å²) in [5, 5.41) is 2.71. The number of amides is 3. The molecule has 3 aromatic rings. The van der Waals surface area contributed by atoms with E-state index >= 15 is 0 Å². The molecule has 1 heterocycles. The molecule has 3 amide bonds.